The predicted octanol–water partition coefficient (Wildman–Crippen LogP) is 2.09. The molecule has 0 spiro atoms. The molecule has 1 aromatic heterocycles. The molecule has 2 amide bonds. The van der Waals surface area contributed by atoms with Crippen molar-refractivity contribution < 1.29 is 22.4 Å². The van der Waals surface area contributed by atoms with Gasteiger partial charge in [0.2, 0.25) is 15.9 Å². The maximum atomic E-state index is 12.7. The number of hydrogen-bond donors (Lipinski definition) is 2. The van der Waals surface area contributed by atoms with Crippen molar-refractivity contribution in [2.75, 3.05) is 25.0 Å². The first-order valence-corrected chi connectivity index (χ1v) is 10.1. The first-order valence-electron chi connectivity index (χ1n) is 8.29. The lowest BCUT2D eigenvalue weighted by Crippen LogP contribution is -2.32. The summed E-state index contributed by atoms with van der Waals surface area (Å²) in [6.07, 6.45) is 2.97. The lowest BCUT2D eigenvalue weighted by Gasteiger charge is -2.17. The van der Waals surface area contributed by atoms with Gasteiger partial charge in [-0.15, -0.1) is 0 Å². The van der Waals surface area contributed by atoms with Crippen molar-refractivity contribution in [2.24, 2.45) is 0 Å². The minimum Gasteiger partial charge on any atom is -0.459 e. The molecule has 1 saturated heterocycles. The molecule has 0 unspecified atom stereocenters. The molecule has 0 bridgehead atoms. The second-order valence-electron chi connectivity index (χ2n) is 5.96. The van der Waals surface area contributed by atoms with E-state index in [1.807, 2.05) is 0 Å². The maximum absolute atomic E-state index is 12.7. The molecular weight excluding hydrogens is 394 g/mol. The molecule has 1 aliphatic heterocycles. The van der Waals surface area contributed by atoms with Crippen molar-refractivity contribution in [3.63, 3.8) is 0 Å². The van der Waals surface area contributed by atoms with Gasteiger partial charge in [-0.3, -0.25) is 9.59 Å². The summed E-state index contributed by atoms with van der Waals surface area (Å²) in [5.74, 6) is -0.946. The monoisotopic (exact) mass is 411 g/mol. The van der Waals surface area contributed by atoms with Crippen LogP contribution in [-0.4, -0.2) is 44.2 Å². The number of anilines is 1. The van der Waals surface area contributed by atoms with Gasteiger partial charge in [0, 0.05) is 18.8 Å². The summed E-state index contributed by atoms with van der Waals surface area (Å²) >= 11 is 6.07. The number of sulfonamides is 1. The molecule has 1 aromatic carbocycles. The predicted molar refractivity (Wildman–Crippen MR) is 99.1 cm³/mol. The van der Waals surface area contributed by atoms with Crippen molar-refractivity contribution in [1.82, 2.24) is 9.62 Å². The van der Waals surface area contributed by atoms with Crippen LogP contribution in [0.15, 0.2) is 45.9 Å². The van der Waals surface area contributed by atoms with E-state index in [4.69, 9.17) is 16.0 Å². The average Bonchev–Trinajstić information content (AvgIpc) is 3.35. The summed E-state index contributed by atoms with van der Waals surface area (Å²) in [5, 5.41) is 5.04. The van der Waals surface area contributed by atoms with E-state index < -0.39 is 21.8 Å². The molecule has 2 aromatic rings. The Bertz CT molecular complexity index is 937. The summed E-state index contributed by atoms with van der Waals surface area (Å²) in [6, 6.07) is 7.27. The van der Waals surface area contributed by atoms with Gasteiger partial charge in [0.05, 0.1) is 17.8 Å². The Balaban J connectivity index is 1.67. The van der Waals surface area contributed by atoms with E-state index >= 15 is 0 Å². The standard InChI is InChI=1S/C17H18ClN3O5S/c18-13-6-5-12(10-15(13)27(24,25)21-7-1-2-8-21)20-16(22)11-19-17(23)14-4-3-9-26-14/h3-6,9-10H,1-2,7-8,11H2,(H,19,23)(H,20,22). The summed E-state index contributed by atoms with van der Waals surface area (Å²) in [5.41, 5.74) is 0.273. The molecular formula is C17H18ClN3O5S. The topological polar surface area (TPSA) is 109 Å². The smallest absolute Gasteiger partial charge is 0.287 e. The van der Waals surface area contributed by atoms with Gasteiger partial charge in [-0.25, -0.2) is 8.42 Å². The fourth-order valence-corrected chi connectivity index (χ4v) is 4.72. The first-order chi connectivity index (χ1) is 12.9. The van der Waals surface area contributed by atoms with Gasteiger partial charge in [-0.1, -0.05) is 11.6 Å². The van der Waals surface area contributed by atoms with Crippen LogP contribution in [0.1, 0.15) is 23.4 Å². The molecule has 27 heavy (non-hydrogen) atoms. The van der Waals surface area contributed by atoms with E-state index in [2.05, 4.69) is 10.6 Å². The molecule has 8 nitrogen and oxygen atoms in total. The minimum atomic E-state index is -3.72. The highest BCUT2D eigenvalue weighted by molar-refractivity contribution is 7.89. The highest BCUT2D eigenvalue weighted by Crippen LogP contribution is 2.29. The second kappa shape index (κ2) is 8.12. The summed E-state index contributed by atoms with van der Waals surface area (Å²) in [7, 11) is -3.72. The zero-order valence-electron chi connectivity index (χ0n) is 14.3. The molecule has 1 fully saturated rings. The molecule has 3 rings (SSSR count). The zero-order chi connectivity index (χ0) is 19.4. The second-order valence-corrected chi connectivity index (χ2v) is 8.28. The fourth-order valence-electron chi connectivity index (χ4n) is 2.71. The highest BCUT2D eigenvalue weighted by atomic mass is 35.5. The number of nitrogens with one attached hydrogen (secondary N) is 2. The van der Waals surface area contributed by atoms with Crippen LogP contribution >= 0.6 is 11.6 Å². The van der Waals surface area contributed by atoms with Crippen LogP contribution in [0.4, 0.5) is 5.69 Å². The van der Waals surface area contributed by atoms with E-state index in [-0.39, 0.29) is 27.9 Å². The third-order valence-corrected chi connectivity index (χ3v) is 6.43. The van der Waals surface area contributed by atoms with Crippen LogP contribution in [0.25, 0.3) is 0 Å². The van der Waals surface area contributed by atoms with Crippen LogP contribution in [0, 0.1) is 0 Å². The molecule has 10 heteroatoms. The molecule has 0 saturated carbocycles. The number of benzene rings is 1. The first kappa shape index (κ1) is 19.4. The normalized spacial score (nSPS) is 14.9. The third-order valence-electron chi connectivity index (χ3n) is 4.05. The third kappa shape index (κ3) is 4.49. The van der Waals surface area contributed by atoms with E-state index in [0.717, 1.165) is 12.8 Å². The molecule has 2 N–H and O–H groups in total. The lowest BCUT2D eigenvalue weighted by atomic mass is 10.3. The molecule has 0 aliphatic carbocycles. The molecule has 1 aliphatic rings. The fraction of sp³-hybridized carbons (Fsp3) is 0.294. The largest absolute Gasteiger partial charge is 0.459 e. The van der Waals surface area contributed by atoms with Gasteiger partial charge in [0.25, 0.3) is 5.91 Å². The van der Waals surface area contributed by atoms with E-state index in [9.17, 15) is 18.0 Å². The summed E-state index contributed by atoms with van der Waals surface area (Å²) in [4.78, 5) is 23.7. The quantitative estimate of drug-likeness (QED) is 0.756. The number of halogens is 1. The summed E-state index contributed by atoms with van der Waals surface area (Å²) < 4.78 is 31.7. The van der Waals surface area contributed by atoms with Gasteiger partial charge in [-0.05, 0) is 43.2 Å². The Morgan fingerprint density at radius 1 is 1.19 bits per heavy atom. The van der Waals surface area contributed by atoms with Crippen molar-refractivity contribution >= 4 is 39.1 Å². The van der Waals surface area contributed by atoms with Crippen molar-refractivity contribution in [2.45, 2.75) is 17.7 Å². The van der Waals surface area contributed by atoms with Crippen LogP contribution in [0.2, 0.25) is 5.02 Å². The number of rotatable bonds is 6. The van der Waals surface area contributed by atoms with E-state index in [0.29, 0.717) is 13.1 Å². The Hall–Kier alpha value is -2.36. The number of carbonyl (C=O) groups excluding carboxylic acids is 2. The Labute approximate surface area is 161 Å². The molecule has 2 heterocycles. The SMILES string of the molecule is O=C(CNC(=O)c1ccco1)Nc1ccc(Cl)c(S(=O)(=O)N2CCCC2)c1. The highest BCUT2D eigenvalue weighted by Gasteiger charge is 2.29. The average molecular weight is 412 g/mol. The lowest BCUT2D eigenvalue weighted by molar-refractivity contribution is -0.115. The van der Waals surface area contributed by atoms with Crippen molar-refractivity contribution in [1.29, 1.82) is 0 Å². The number of furan rings is 1. The van der Waals surface area contributed by atoms with E-state index in [1.54, 1.807) is 6.07 Å². The molecule has 0 atom stereocenters. The van der Waals surface area contributed by atoms with Gasteiger partial charge in [0.1, 0.15) is 4.90 Å². The van der Waals surface area contributed by atoms with E-state index in [1.165, 1.54) is 34.8 Å². The van der Waals surface area contributed by atoms with Gasteiger partial charge < -0.3 is 15.1 Å². The molecule has 0 radical (unpaired) electrons. The Morgan fingerprint density at radius 3 is 2.59 bits per heavy atom. The Morgan fingerprint density at radius 2 is 1.93 bits per heavy atom. The van der Waals surface area contributed by atoms with Crippen molar-refractivity contribution in [3.8, 4) is 0 Å². The van der Waals surface area contributed by atoms with Crippen LogP contribution in [0.5, 0.6) is 0 Å². The van der Waals surface area contributed by atoms with Crippen LogP contribution in [0.3, 0.4) is 0 Å². The summed E-state index contributed by atoms with van der Waals surface area (Å²) in [6.45, 7) is 0.610. The number of carbonyl (C=O) groups is 2. The van der Waals surface area contributed by atoms with Crippen LogP contribution in [-0.2, 0) is 14.8 Å². The van der Waals surface area contributed by atoms with Crippen LogP contribution < -0.4 is 10.6 Å². The number of nitrogens with zero attached hydrogens (tertiary/aromatic N) is 1. The minimum absolute atomic E-state index is 0.0523. The van der Waals surface area contributed by atoms with Gasteiger partial charge >= 0.3 is 0 Å². The number of hydrogen-bond acceptors (Lipinski definition) is 5. The maximum Gasteiger partial charge on any atom is 0.287 e. The van der Waals surface area contributed by atoms with Gasteiger partial charge in [-0.2, -0.15) is 4.31 Å². The molecule has 144 valence electrons. The Kier molecular flexibility index (Phi) is 5.83. The van der Waals surface area contributed by atoms with Crippen molar-refractivity contribution in [3.05, 3.63) is 47.4 Å². The number of amides is 2. The zero-order valence-corrected chi connectivity index (χ0v) is 15.8. The van der Waals surface area contributed by atoms with Gasteiger partial charge in [0.15, 0.2) is 5.76 Å².